The van der Waals surface area contributed by atoms with E-state index in [4.69, 9.17) is 4.74 Å². The van der Waals surface area contributed by atoms with Crippen LogP contribution in [0.3, 0.4) is 0 Å². The Morgan fingerprint density at radius 1 is 1.28 bits per heavy atom. The lowest BCUT2D eigenvalue weighted by Gasteiger charge is -2.25. The molecule has 0 spiro atoms. The number of rotatable bonds is 11. The van der Waals surface area contributed by atoms with Crippen LogP contribution >= 0.6 is 0 Å². The SMILES string of the molecule is CCCC(O)CN(CCOC)Cc1cccn1Cc1cccc(F)c1. The van der Waals surface area contributed by atoms with Gasteiger partial charge >= 0.3 is 0 Å². The molecule has 0 saturated carbocycles. The van der Waals surface area contributed by atoms with Crippen LogP contribution in [0.4, 0.5) is 4.39 Å². The first-order chi connectivity index (χ1) is 12.1. The molecule has 0 aliphatic carbocycles. The zero-order valence-electron chi connectivity index (χ0n) is 15.2. The number of hydrogen-bond donors (Lipinski definition) is 1. The van der Waals surface area contributed by atoms with Gasteiger partial charge in [0.25, 0.3) is 0 Å². The molecule has 1 aromatic heterocycles. The molecular weight excluding hydrogens is 319 g/mol. The zero-order chi connectivity index (χ0) is 18.1. The molecule has 1 heterocycles. The quantitative estimate of drug-likeness (QED) is 0.677. The number of benzene rings is 1. The van der Waals surface area contributed by atoms with Gasteiger partial charge in [0.2, 0.25) is 0 Å². The predicted octanol–water partition coefficient (Wildman–Crippen LogP) is 3.28. The fraction of sp³-hybridized carbons (Fsp3) is 0.500. The molecule has 5 heteroatoms. The third-order valence-electron chi connectivity index (χ3n) is 4.25. The summed E-state index contributed by atoms with van der Waals surface area (Å²) < 4.78 is 20.7. The van der Waals surface area contributed by atoms with E-state index in [1.165, 1.54) is 6.07 Å². The average molecular weight is 348 g/mol. The summed E-state index contributed by atoms with van der Waals surface area (Å²) >= 11 is 0. The van der Waals surface area contributed by atoms with E-state index < -0.39 is 0 Å². The summed E-state index contributed by atoms with van der Waals surface area (Å²) in [6, 6.07) is 10.8. The van der Waals surface area contributed by atoms with Crippen molar-refractivity contribution in [3.63, 3.8) is 0 Å². The Balaban J connectivity index is 2.04. The van der Waals surface area contributed by atoms with Crippen LogP contribution in [0.1, 0.15) is 31.0 Å². The molecule has 0 saturated heterocycles. The van der Waals surface area contributed by atoms with Crippen LogP contribution < -0.4 is 0 Å². The van der Waals surface area contributed by atoms with Gasteiger partial charge in [-0.25, -0.2) is 4.39 Å². The van der Waals surface area contributed by atoms with Gasteiger partial charge in [-0.2, -0.15) is 0 Å². The van der Waals surface area contributed by atoms with Gasteiger partial charge in [-0.05, 0) is 36.2 Å². The molecule has 1 N–H and O–H groups in total. The number of hydrogen-bond acceptors (Lipinski definition) is 3. The van der Waals surface area contributed by atoms with Gasteiger partial charge in [0.05, 0.1) is 12.7 Å². The van der Waals surface area contributed by atoms with Gasteiger partial charge in [-0.1, -0.05) is 25.5 Å². The first-order valence-corrected chi connectivity index (χ1v) is 8.90. The van der Waals surface area contributed by atoms with Crippen LogP contribution in [0.2, 0.25) is 0 Å². The zero-order valence-corrected chi connectivity index (χ0v) is 15.2. The van der Waals surface area contributed by atoms with E-state index in [0.29, 0.717) is 19.7 Å². The first kappa shape index (κ1) is 19.6. The third kappa shape index (κ3) is 6.61. The number of aromatic nitrogens is 1. The Morgan fingerprint density at radius 3 is 2.84 bits per heavy atom. The summed E-state index contributed by atoms with van der Waals surface area (Å²) in [5.74, 6) is -0.212. The second-order valence-corrected chi connectivity index (χ2v) is 6.43. The maximum absolute atomic E-state index is 13.4. The summed E-state index contributed by atoms with van der Waals surface area (Å²) in [7, 11) is 1.69. The molecule has 1 aromatic carbocycles. The standard InChI is InChI=1S/C20H29FN2O2/c1-3-6-20(24)16-22(11-12-25-2)15-19-9-5-10-23(19)14-17-7-4-8-18(21)13-17/h4-5,7-10,13,20,24H,3,6,11-12,14-16H2,1-2H3. The van der Waals surface area contributed by atoms with E-state index in [1.54, 1.807) is 19.2 Å². The lowest BCUT2D eigenvalue weighted by molar-refractivity contribution is 0.0788. The van der Waals surface area contributed by atoms with Crippen LogP contribution in [0.15, 0.2) is 42.6 Å². The molecule has 0 aliphatic rings. The summed E-state index contributed by atoms with van der Waals surface area (Å²) in [6.07, 6.45) is 3.45. The van der Waals surface area contributed by atoms with Gasteiger partial charge in [-0.3, -0.25) is 4.90 Å². The van der Waals surface area contributed by atoms with E-state index in [0.717, 1.165) is 37.2 Å². The third-order valence-corrected chi connectivity index (χ3v) is 4.25. The Hall–Kier alpha value is -1.69. The van der Waals surface area contributed by atoms with Gasteiger partial charge < -0.3 is 14.4 Å². The second kappa shape index (κ2) is 10.3. The topological polar surface area (TPSA) is 37.6 Å². The molecule has 2 rings (SSSR count). The maximum Gasteiger partial charge on any atom is 0.123 e. The lowest BCUT2D eigenvalue weighted by Crippen LogP contribution is -2.35. The van der Waals surface area contributed by atoms with Crippen molar-refractivity contribution < 1.29 is 14.2 Å². The van der Waals surface area contributed by atoms with Crippen molar-refractivity contribution in [3.05, 3.63) is 59.7 Å². The van der Waals surface area contributed by atoms with Crippen molar-refractivity contribution in [3.8, 4) is 0 Å². The molecule has 25 heavy (non-hydrogen) atoms. The molecule has 1 atom stereocenters. The Morgan fingerprint density at radius 2 is 2.12 bits per heavy atom. The molecule has 1 unspecified atom stereocenters. The summed E-state index contributed by atoms with van der Waals surface area (Å²) in [6.45, 7) is 5.46. The lowest BCUT2D eigenvalue weighted by atomic mass is 10.2. The number of methoxy groups -OCH3 is 1. The largest absolute Gasteiger partial charge is 0.392 e. The minimum absolute atomic E-state index is 0.212. The van der Waals surface area contributed by atoms with Crippen molar-refractivity contribution in [1.29, 1.82) is 0 Å². The average Bonchev–Trinajstić information content (AvgIpc) is 2.99. The Labute approximate surface area is 149 Å². The highest BCUT2D eigenvalue weighted by Crippen LogP contribution is 2.12. The number of aliphatic hydroxyl groups is 1. The van der Waals surface area contributed by atoms with Crippen LogP contribution in [0, 0.1) is 5.82 Å². The number of nitrogens with zero attached hydrogens (tertiary/aromatic N) is 2. The van der Waals surface area contributed by atoms with Crippen molar-refractivity contribution >= 4 is 0 Å². The fourth-order valence-corrected chi connectivity index (χ4v) is 2.99. The molecule has 0 aliphatic heterocycles. The Kier molecular flexibility index (Phi) is 8.12. The van der Waals surface area contributed by atoms with Crippen LogP contribution in [-0.2, 0) is 17.8 Å². The van der Waals surface area contributed by atoms with Gasteiger partial charge in [0, 0.05) is 45.2 Å². The molecule has 0 bridgehead atoms. The summed E-state index contributed by atoms with van der Waals surface area (Å²) in [5.41, 5.74) is 2.08. The van der Waals surface area contributed by atoms with Gasteiger partial charge in [-0.15, -0.1) is 0 Å². The van der Waals surface area contributed by atoms with Crippen LogP contribution in [0.25, 0.3) is 0 Å². The smallest absolute Gasteiger partial charge is 0.123 e. The minimum Gasteiger partial charge on any atom is -0.392 e. The molecule has 0 amide bonds. The van der Waals surface area contributed by atoms with E-state index >= 15 is 0 Å². The molecule has 0 radical (unpaired) electrons. The van der Waals surface area contributed by atoms with Crippen molar-refractivity contribution in [1.82, 2.24) is 9.47 Å². The monoisotopic (exact) mass is 348 g/mol. The minimum atomic E-state index is -0.325. The van der Waals surface area contributed by atoms with E-state index in [-0.39, 0.29) is 11.9 Å². The van der Waals surface area contributed by atoms with Crippen LogP contribution in [-0.4, -0.2) is 47.5 Å². The highest BCUT2D eigenvalue weighted by Gasteiger charge is 2.13. The number of aliphatic hydroxyl groups excluding tert-OH is 1. The molecule has 4 nitrogen and oxygen atoms in total. The van der Waals surface area contributed by atoms with E-state index in [2.05, 4.69) is 22.5 Å². The highest BCUT2D eigenvalue weighted by molar-refractivity contribution is 5.18. The van der Waals surface area contributed by atoms with Crippen LogP contribution in [0.5, 0.6) is 0 Å². The molecule has 0 fully saturated rings. The molecular formula is C20H29FN2O2. The number of halogens is 1. The van der Waals surface area contributed by atoms with Gasteiger partial charge in [0.1, 0.15) is 5.82 Å². The first-order valence-electron chi connectivity index (χ1n) is 8.90. The van der Waals surface area contributed by atoms with E-state index in [9.17, 15) is 9.50 Å². The van der Waals surface area contributed by atoms with E-state index in [1.807, 2.05) is 18.3 Å². The van der Waals surface area contributed by atoms with Gasteiger partial charge in [0.15, 0.2) is 0 Å². The van der Waals surface area contributed by atoms with Crippen molar-refractivity contribution in [2.45, 2.75) is 39.0 Å². The molecule has 138 valence electrons. The summed E-state index contributed by atoms with van der Waals surface area (Å²) in [5, 5.41) is 10.2. The normalized spacial score (nSPS) is 12.7. The fourth-order valence-electron chi connectivity index (χ4n) is 2.99. The maximum atomic E-state index is 13.4. The van der Waals surface area contributed by atoms with Crippen molar-refractivity contribution in [2.75, 3.05) is 26.8 Å². The number of ether oxygens (including phenoxy) is 1. The summed E-state index contributed by atoms with van der Waals surface area (Å²) in [4.78, 5) is 2.21. The highest BCUT2D eigenvalue weighted by atomic mass is 19.1. The molecule has 2 aromatic rings. The predicted molar refractivity (Wildman–Crippen MR) is 98.0 cm³/mol. The second-order valence-electron chi connectivity index (χ2n) is 6.43. The Bertz CT molecular complexity index is 630. The van der Waals surface area contributed by atoms with Crippen molar-refractivity contribution in [2.24, 2.45) is 0 Å².